The first kappa shape index (κ1) is 14.8. The highest BCUT2D eigenvalue weighted by molar-refractivity contribution is 4.92. The molecule has 0 radical (unpaired) electrons. The van der Waals surface area contributed by atoms with E-state index in [9.17, 15) is 0 Å². The van der Waals surface area contributed by atoms with E-state index in [-0.39, 0.29) is 0 Å². The Hall–Kier alpha value is -0.0800. The molecule has 20 heavy (non-hydrogen) atoms. The number of nitrogens with zero attached hydrogens (tertiary/aromatic N) is 1. The van der Waals surface area contributed by atoms with Gasteiger partial charge in [0.1, 0.15) is 0 Å². The van der Waals surface area contributed by atoms with Crippen molar-refractivity contribution >= 4 is 0 Å². The highest BCUT2D eigenvalue weighted by Crippen LogP contribution is 2.41. The molecule has 3 aliphatic carbocycles. The van der Waals surface area contributed by atoms with Crippen molar-refractivity contribution in [1.82, 2.24) is 10.2 Å². The molecular formula is C18H34N2. The summed E-state index contributed by atoms with van der Waals surface area (Å²) in [6.45, 7) is 8.95. The van der Waals surface area contributed by atoms with Crippen LogP contribution < -0.4 is 5.32 Å². The first-order valence-corrected chi connectivity index (χ1v) is 9.23. The zero-order valence-corrected chi connectivity index (χ0v) is 13.5. The van der Waals surface area contributed by atoms with Crippen molar-refractivity contribution in [2.24, 2.45) is 17.3 Å². The number of nitrogens with one attached hydrogen (secondary N) is 1. The monoisotopic (exact) mass is 278 g/mol. The minimum absolute atomic E-state index is 0.610. The van der Waals surface area contributed by atoms with Crippen molar-refractivity contribution in [3.63, 3.8) is 0 Å². The second kappa shape index (κ2) is 6.79. The Bertz CT molecular complexity index is 274. The molecule has 3 saturated carbocycles. The maximum absolute atomic E-state index is 3.73. The molecule has 116 valence electrons. The fourth-order valence-corrected chi connectivity index (χ4v) is 4.06. The van der Waals surface area contributed by atoms with Gasteiger partial charge in [-0.2, -0.15) is 0 Å². The van der Waals surface area contributed by atoms with E-state index >= 15 is 0 Å². The molecule has 2 nitrogen and oxygen atoms in total. The molecule has 3 rings (SSSR count). The Labute approximate surface area is 125 Å². The van der Waals surface area contributed by atoms with Crippen LogP contribution in [-0.2, 0) is 0 Å². The summed E-state index contributed by atoms with van der Waals surface area (Å²) >= 11 is 0. The zero-order chi connectivity index (χ0) is 13.8. The maximum Gasteiger partial charge on any atom is 0.00504 e. The molecule has 2 heteroatoms. The maximum atomic E-state index is 3.73. The van der Waals surface area contributed by atoms with Crippen LogP contribution in [0.4, 0.5) is 0 Å². The van der Waals surface area contributed by atoms with E-state index in [0.29, 0.717) is 5.41 Å². The standard InChI is InChI=1S/C18H34N2/c1-2-11-19-14-18(9-3-4-10-18)15-20(12-16-5-6-16)13-17-7-8-17/h16-17,19H,2-15H2,1H3. The van der Waals surface area contributed by atoms with Crippen molar-refractivity contribution in [3.8, 4) is 0 Å². The first-order chi connectivity index (χ1) is 9.80. The van der Waals surface area contributed by atoms with Crippen LogP contribution >= 0.6 is 0 Å². The summed E-state index contributed by atoms with van der Waals surface area (Å²) < 4.78 is 0. The topological polar surface area (TPSA) is 15.3 Å². The van der Waals surface area contributed by atoms with Gasteiger partial charge in [-0.15, -0.1) is 0 Å². The SMILES string of the molecule is CCCNCC1(CN(CC2CC2)CC2CC2)CCCC1. The van der Waals surface area contributed by atoms with Crippen LogP contribution in [-0.4, -0.2) is 37.6 Å². The lowest BCUT2D eigenvalue weighted by Gasteiger charge is -2.36. The molecule has 0 atom stereocenters. The van der Waals surface area contributed by atoms with Gasteiger partial charge in [0.15, 0.2) is 0 Å². The van der Waals surface area contributed by atoms with Crippen LogP contribution in [0.2, 0.25) is 0 Å². The van der Waals surface area contributed by atoms with Crippen molar-refractivity contribution in [2.75, 3.05) is 32.7 Å². The van der Waals surface area contributed by atoms with Crippen LogP contribution in [0.1, 0.15) is 64.7 Å². The summed E-state index contributed by atoms with van der Waals surface area (Å²) in [7, 11) is 0. The fourth-order valence-electron chi connectivity index (χ4n) is 4.06. The lowest BCUT2D eigenvalue weighted by Crippen LogP contribution is -2.44. The second-order valence-electron chi connectivity index (χ2n) is 7.96. The minimum Gasteiger partial charge on any atom is -0.316 e. The summed E-state index contributed by atoms with van der Waals surface area (Å²) in [5, 5.41) is 3.73. The van der Waals surface area contributed by atoms with E-state index in [0.717, 1.165) is 11.8 Å². The van der Waals surface area contributed by atoms with E-state index in [2.05, 4.69) is 17.1 Å². The number of rotatable bonds is 10. The van der Waals surface area contributed by atoms with Gasteiger partial charge in [0.25, 0.3) is 0 Å². The molecule has 3 aliphatic rings. The molecule has 0 heterocycles. The third-order valence-corrected chi connectivity index (χ3v) is 5.58. The van der Waals surface area contributed by atoms with Gasteiger partial charge in [-0.05, 0) is 68.7 Å². The smallest absolute Gasteiger partial charge is 0.00504 e. The molecule has 0 amide bonds. The molecule has 0 aromatic carbocycles. The number of hydrogen-bond acceptors (Lipinski definition) is 2. The van der Waals surface area contributed by atoms with E-state index < -0.39 is 0 Å². The quantitative estimate of drug-likeness (QED) is 0.613. The Morgan fingerprint density at radius 1 is 1.00 bits per heavy atom. The Kier molecular flexibility index (Phi) is 5.04. The Morgan fingerprint density at radius 2 is 1.60 bits per heavy atom. The van der Waals surface area contributed by atoms with Crippen LogP contribution in [0.5, 0.6) is 0 Å². The zero-order valence-electron chi connectivity index (χ0n) is 13.5. The van der Waals surface area contributed by atoms with Gasteiger partial charge in [-0.25, -0.2) is 0 Å². The number of hydrogen-bond donors (Lipinski definition) is 1. The summed E-state index contributed by atoms with van der Waals surface area (Å²) in [6, 6.07) is 0. The van der Waals surface area contributed by atoms with E-state index in [1.807, 2.05) is 0 Å². The largest absolute Gasteiger partial charge is 0.316 e. The van der Waals surface area contributed by atoms with Crippen molar-refractivity contribution in [3.05, 3.63) is 0 Å². The van der Waals surface area contributed by atoms with Gasteiger partial charge in [0.05, 0.1) is 0 Å². The highest BCUT2D eigenvalue weighted by Gasteiger charge is 2.38. The van der Waals surface area contributed by atoms with Crippen LogP contribution in [0.3, 0.4) is 0 Å². The molecule has 0 aliphatic heterocycles. The van der Waals surface area contributed by atoms with Gasteiger partial charge in [-0.1, -0.05) is 19.8 Å². The van der Waals surface area contributed by atoms with E-state index in [4.69, 9.17) is 0 Å². The molecule has 0 saturated heterocycles. The Balaban J connectivity index is 1.53. The molecule has 0 bridgehead atoms. The van der Waals surface area contributed by atoms with Gasteiger partial charge in [0, 0.05) is 26.2 Å². The van der Waals surface area contributed by atoms with Gasteiger partial charge in [-0.3, -0.25) is 0 Å². The minimum atomic E-state index is 0.610. The molecule has 0 aromatic heterocycles. The molecule has 0 unspecified atom stereocenters. The van der Waals surface area contributed by atoms with Crippen LogP contribution in [0.15, 0.2) is 0 Å². The lowest BCUT2D eigenvalue weighted by atomic mass is 9.85. The van der Waals surface area contributed by atoms with Crippen LogP contribution in [0, 0.1) is 17.3 Å². The molecule has 0 aromatic rings. The van der Waals surface area contributed by atoms with Gasteiger partial charge >= 0.3 is 0 Å². The molecule has 3 fully saturated rings. The predicted octanol–water partition coefficient (Wildman–Crippen LogP) is 3.67. The molecular weight excluding hydrogens is 244 g/mol. The van der Waals surface area contributed by atoms with Crippen molar-refractivity contribution in [2.45, 2.75) is 64.7 Å². The summed E-state index contributed by atoms with van der Waals surface area (Å²) in [4.78, 5) is 2.87. The summed E-state index contributed by atoms with van der Waals surface area (Å²) in [5.74, 6) is 2.10. The first-order valence-electron chi connectivity index (χ1n) is 9.23. The average molecular weight is 278 g/mol. The third-order valence-electron chi connectivity index (χ3n) is 5.58. The normalized spacial score (nSPS) is 25.5. The molecule has 0 spiro atoms. The molecule has 1 N–H and O–H groups in total. The predicted molar refractivity (Wildman–Crippen MR) is 85.9 cm³/mol. The van der Waals surface area contributed by atoms with Gasteiger partial charge in [0.2, 0.25) is 0 Å². The van der Waals surface area contributed by atoms with E-state index in [1.165, 1.54) is 90.5 Å². The third kappa shape index (κ3) is 4.46. The van der Waals surface area contributed by atoms with E-state index in [1.54, 1.807) is 0 Å². The average Bonchev–Trinajstić information content (AvgIpc) is 3.34. The lowest BCUT2D eigenvalue weighted by molar-refractivity contribution is 0.139. The Morgan fingerprint density at radius 3 is 2.10 bits per heavy atom. The second-order valence-corrected chi connectivity index (χ2v) is 7.96. The van der Waals surface area contributed by atoms with Crippen molar-refractivity contribution < 1.29 is 0 Å². The highest BCUT2D eigenvalue weighted by atomic mass is 15.1. The fraction of sp³-hybridized carbons (Fsp3) is 1.00. The van der Waals surface area contributed by atoms with Gasteiger partial charge < -0.3 is 10.2 Å². The van der Waals surface area contributed by atoms with Crippen molar-refractivity contribution in [1.29, 1.82) is 0 Å². The summed E-state index contributed by atoms with van der Waals surface area (Å²) in [5.41, 5.74) is 0.610. The van der Waals surface area contributed by atoms with Crippen LogP contribution in [0.25, 0.3) is 0 Å². The summed E-state index contributed by atoms with van der Waals surface area (Å²) in [6.07, 6.45) is 13.1.